The number of hydrogen-bond acceptors (Lipinski definition) is 6. The quantitative estimate of drug-likeness (QED) is 0.663. The van der Waals surface area contributed by atoms with E-state index in [1.54, 1.807) is 25.1 Å². The molecule has 1 atom stereocenters. The molecule has 0 unspecified atom stereocenters. The molecule has 2 N–H and O–H groups in total. The highest BCUT2D eigenvalue weighted by Crippen LogP contribution is 2.32. The monoisotopic (exact) mass is 343 g/mol. The Morgan fingerprint density at radius 3 is 2.71 bits per heavy atom. The van der Waals surface area contributed by atoms with Crippen LogP contribution in [0.25, 0.3) is 0 Å². The SMILES string of the molecule is C[C@@H](C#N)Sc1nnc(COc2c(Cl)cccc2Cl)n1N. The number of nitrogens with zero attached hydrogens (tertiary/aromatic N) is 4. The summed E-state index contributed by atoms with van der Waals surface area (Å²) in [6.45, 7) is 1.81. The molecule has 0 saturated heterocycles. The molecule has 0 bridgehead atoms. The van der Waals surface area contributed by atoms with Gasteiger partial charge in [0.25, 0.3) is 0 Å². The van der Waals surface area contributed by atoms with Crippen molar-refractivity contribution in [3.8, 4) is 11.8 Å². The second-order valence-corrected chi connectivity index (χ2v) is 6.12. The lowest BCUT2D eigenvalue weighted by atomic mass is 10.3. The summed E-state index contributed by atoms with van der Waals surface area (Å²) < 4.78 is 6.82. The van der Waals surface area contributed by atoms with E-state index in [9.17, 15) is 0 Å². The van der Waals surface area contributed by atoms with Gasteiger partial charge in [-0.25, -0.2) is 4.68 Å². The van der Waals surface area contributed by atoms with Crippen LogP contribution in [0.2, 0.25) is 10.0 Å². The molecule has 0 fully saturated rings. The molecular formula is C12H11Cl2N5OS. The summed E-state index contributed by atoms with van der Waals surface area (Å²) in [7, 11) is 0. The average molecular weight is 344 g/mol. The zero-order valence-electron chi connectivity index (χ0n) is 11.0. The smallest absolute Gasteiger partial charge is 0.211 e. The third-order valence-corrected chi connectivity index (χ3v) is 4.01. The highest BCUT2D eigenvalue weighted by molar-refractivity contribution is 8.00. The maximum Gasteiger partial charge on any atom is 0.211 e. The van der Waals surface area contributed by atoms with Gasteiger partial charge in [0, 0.05) is 0 Å². The number of halogens is 2. The zero-order chi connectivity index (χ0) is 15.4. The third-order valence-electron chi connectivity index (χ3n) is 2.46. The van der Waals surface area contributed by atoms with E-state index in [0.717, 1.165) is 0 Å². The Kier molecular flexibility index (Phi) is 5.17. The molecule has 2 aromatic rings. The minimum atomic E-state index is -0.275. The second-order valence-electron chi connectivity index (χ2n) is 4.00. The van der Waals surface area contributed by atoms with Gasteiger partial charge in [0.15, 0.2) is 11.6 Å². The highest BCUT2D eigenvalue weighted by atomic mass is 35.5. The predicted octanol–water partition coefficient (Wildman–Crippen LogP) is 2.88. The Bertz CT molecular complexity index is 665. The molecular weight excluding hydrogens is 333 g/mol. The first-order valence-electron chi connectivity index (χ1n) is 5.85. The fourth-order valence-corrected chi connectivity index (χ4v) is 2.61. The van der Waals surface area contributed by atoms with Crippen molar-refractivity contribution in [2.24, 2.45) is 0 Å². The first-order chi connectivity index (χ1) is 10.0. The molecule has 0 aliphatic rings. The van der Waals surface area contributed by atoms with Gasteiger partial charge in [-0.3, -0.25) is 0 Å². The van der Waals surface area contributed by atoms with Crippen LogP contribution in [0.5, 0.6) is 5.75 Å². The van der Waals surface area contributed by atoms with Gasteiger partial charge in [-0.15, -0.1) is 10.2 Å². The molecule has 1 aromatic heterocycles. The molecule has 6 nitrogen and oxygen atoms in total. The zero-order valence-corrected chi connectivity index (χ0v) is 13.3. The van der Waals surface area contributed by atoms with Crippen molar-refractivity contribution in [1.82, 2.24) is 14.9 Å². The maximum absolute atomic E-state index is 8.78. The van der Waals surface area contributed by atoms with Gasteiger partial charge >= 0.3 is 0 Å². The van der Waals surface area contributed by atoms with Crippen molar-refractivity contribution >= 4 is 35.0 Å². The lowest BCUT2D eigenvalue weighted by Crippen LogP contribution is -2.16. The summed E-state index contributed by atoms with van der Waals surface area (Å²) in [6.07, 6.45) is 0. The van der Waals surface area contributed by atoms with Crippen LogP contribution < -0.4 is 10.6 Å². The van der Waals surface area contributed by atoms with E-state index in [-0.39, 0.29) is 11.9 Å². The van der Waals surface area contributed by atoms with Crippen LogP contribution in [0.4, 0.5) is 0 Å². The summed E-state index contributed by atoms with van der Waals surface area (Å²) in [5, 5.41) is 17.6. The molecule has 0 aliphatic carbocycles. The number of nitriles is 1. The molecule has 110 valence electrons. The predicted molar refractivity (Wildman–Crippen MR) is 81.9 cm³/mol. The minimum Gasteiger partial charge on any atom is -0.482 e. The highest BCUT2D eigenvalue weighted by Gasteiger charge is 2.15. The Morgan fingerprint density at radius 1 is 1.43 bits per heavy atom. The minimum absolute atomic E-state index is 0.0639. The number of hydrogen-bond donors (Lipinski definition) is 1. The van der Waals surface area contributed by atoms with Crippen molar-refractivity contribution in [1.29, 1.82) is 5.26 Å². The van der Waals surface area contributed by atoms with Crippen LogP contribution in [0.15, 0.2) is 23.4 Å². The molecule has 1 heterocycles. The van der Waals surface area contributed by atoms with Gasteiger partial charge in [0.05, 0.1) is 21.4 Å². The van der Waals surface area contributed by atoms with E-state index in [0.29, 0.717) is 26.8 Å². The molecule has 9 heteroatoms. The van der Waals surface area contributed by atoms with Crippen molar-refractivity contribution in [2.45, 2.75) is 23.9 Å². The number of para-hydroxylation sites is 1. The number of nitrogens with two attached hydrogens (primary N) is 1. The molecule has 0 spiro atoms. The van der Waals surface area contributed by atoms with E-state index in [2.05, 4.69) is 16.3 Å². The van der Waals surface area contributed by atoms with Crippen LogP contribution in [0.1, 0.15) is 12.7 Å². The fourth-order valence-electron chi connectivity index (χ4n) is 1.43. The largest absolute Gasteiger partial charge is 0.482 e. The summed E-state index contributed by atoms with van der Waals surface area (Å²) in [5.41, 5.74) is 0. The average Bonchev–Trinajstić information content (AvgIpc) is 2.79. The van der Waals surface area contributed by atoms with Crippen molar-refractivity contribution in [3.05, 3.63) is 34.1 Å². The fraction of sp³-hybridized carbons (Fsp3) is 0.250. The Balaban J connectivity index is 2.09. The normalized spacial score (nSPS) is 11.9. The van der Waals surface area contributed by atoms with E-state index in [1.165, 1.54) is 16.4 Å². The van der Waals surface area contributed by atoms with Gasteiger partial charge in [0.2, 0.25) is 5.16 Å². The van der Waals surface area contributed by atoms with Crippen LogP contribution in [-0.2, 0) is 6.61 Å². The summed E-state index contributed by atoms with van der Waals surface area (Å²) >= 11 is 13.2. The third kappa shape index (κ3) is 3.73. The van der Waals surface area contributed by atoms with Crippen LogP contribution in [-0.4, -0.2) is 20.1 Å². The van der Waals surface area contributed by atoms with E-state index in [1.807, 2.05) is 0 Å². The Morgan fingerprint density at radius 2 is 2.10 bits per heavy atom. The van der Waals surface area contributed by atoms with Crippen molar-refractivity contribution < 1.29 is 4.74 Å². The summed E-state index contributed by atoms with van der Waals surface area (Å²) in [6, 6.07) is 7.15. The molecule has 0 radical (unpaired) electrons. The van der Waals surface area contributed by atoms with E-state index in [4.69, 9.17) is 39.0 Å². The molecule has 0 amide bonds. The second kappa shape index (κ2) is 6.89. The molecule has 0 saturated carbocycles. The van der Waals surface area contributed by atoms with Crippen molar-refractivity contribution in [2.75, 3.05) is 5.84 Å². The van der Waals surface area contributed by atoms with Crippen LogP contribution >= 0.6 is 35.0 Å². The molecule has 2 rings (SSSR count). The number of aromatic nitrogens is 3. The topological polar surface area (TPSA) is 89.8 Å². The summed E-state index contributed by atoms with van der Waals surface area (Å²) in [4.78, 5) is 0. The van der Waals surface area contributed by atoms with E-state index < -0.39 is 0 Å². The van der Waals surface area contributed by atoms with Gasteiger partial charge in [-0.1, -0.05) is 41.0 Å². The standard InChI is InChI=1S/C12H11Cl2N5OS/c1-7(5-15)21-12-18-17-10(19(12)16)6-20-11-8(13)3-2-4-9(11)14/h2-4,7H,6,16H2,1H3/t7-/m0/s1. The van der Waals surface area contributed by atoms with Gasteiger partial charge in [0.1, 0.15) is 6.61 Å². The van der Waals surface area contributed by atoms with Gasteiger partial charge < -0.3 is 10.6 Å². The Labute approximate surface area is 135 Å². The molecule has 0 aliphatic heterocycles. The first-order valence-corrected chi connectivity index (χ1v) is 7.49. The van der Waals surface area contributed by atoms with Gasteiger partial charge in [-0.2, -0.15) is 5.26 Å². The summed E-state index contributed by atoms with van der Waals surface area (Å²) in [5.74, 6) is 6.63. The van der Waals surface area contributed by atoms with Crippen LogP contribution in [0.3, 0.4) is 0 Å². The lowest BCUT2D eigenvalue weighted by molar-refractivity contribution is 0.292. The number of ether oxygens (including phenoxy) is 1. The van der Waals surface area contributed by atoms with Crippen molar-refractivity contribution in [3.63, 3.8) is 0 Å². The molecule has 1 aromatic carbocycles. The van der Waals surface area contributed by atoms with Gasteiger partial charge in [-0.05, 0) is 19.1 Å². The number of thioether (sulfide) groups is 1. The first kappa shape index (κ1) is 15.8. The lowest BCUT2D eigenvalue weighted by Gasteiger charge is -2.09. The maximum atomic E-state index is 8.78. The Hall–Kier alpha value is -1.62. The molecule has 21 heavy (non-hydrogen) atoms. The van der Waals surface area contributed by atoms with E-state index >= 15 is 0 Å². The number of benzene rings is 1. The van der Waals surface area contributed by atoms with Crippen LogP contribution in [0, 0.1) is 11.3 Å². The number of rotatable bonds is 5. The number of nitrogen functional groups attached to an aromatic ring is 1.